The number of carbonyl (C=O) groups is 2. The van der Waals surface area contributed by atoms with Gasteiger partial charge in [0.1, 0.15) is 6.29 Å². The van der Waals surface area contributed by atoms with Gasteiger partial charge in [0.2, 0.25) is 0 Å². The highest BCUT2D eigenvalue weighted by Gasteiger charge is 2.16. The van der Waals surface area contributed by atoms with Crippen molar-refractivity contribution in [1.82, 2.24) is 20.0 Å². The van der Waals surface area contributed by atoms with Gasteiger partial charge in [-0.1, -0.05) is 37.6 Å². The fourth-order valence-corrected chi connectivity index (χ4v) is 3.44. The van der Waals surface area contributed by atoms with Crippen LogP contribution >= 0.6 is 0 Å². The van der Waals surface area contributed by atoms with Crippen LogP contribution in [0.2, 0.25) is 0 Å². The van der Waals surface area contributed by atoms with Crippen LogP contribution in [0.1, 0.15) is 25.3 Å². The number of hydrogen-bond acceptors (Lipinski definition) is 6. The lowest BCUT2D eigenvalue weighted by molar-refractivity contribution is -0.107. The zero-order chi connectivity index (χ0) is 22.7. The molecule has 1 aromatic heterocycles. The molecule has 0 fully saturated rings. The molecule has 164 valence electrons. The second-order valence-electron chi connectivity index (χ2n) is 6.48. The lowest BCUT2D eigenvalue weighted by atomic mass is 10.2. The van der Waals surface area contributed by atoms with E-state index in [9.17, 15) is 22.8 Å². The number of benzene rings is 2. The molecule has 9 nitrogen and oxygen atoms in total. The smallest absolute Gasteiger partial charge is 0.328 e. The average molecular weight is 445 g/mol. The van der Waals surface area contributed by atoms with Crippen LogP contribution in [-0.2, 0) is 21.2 Å². The third-order valence-electron chi connectivity index (χ3n) is 4.14. The van der Waals surface area contributed by atoms with E-state index in [1.807, 2.05) is 29.8 Å². The van der Waals surface area contributed by atoms with Gasteiger partial charge in [0.15, 0.2) is 0 Å². The summed E-state index contributed by atoms with van der Waals surface area (Å²) in [5.74, 6) is 0. The van der Waals surface area contributed by atoms with Gasteiger partial charge >= 0.3 is 6.03 Å². The summed E-state index contributed by atoms with van der Waals surface area (Å²) in [7, 11) is -3.88. The molecule has 2 aromatic carbocycles. The Morgan fingerprint density at radius 2 is 1.84 bits per heavy atom. The minimum absolute atomic E-state index is 0.0159. The molecule has 0 aliphatic carbocycles. The summed E-state index contributed by atoms with van der Waals surface area (Å²) < 4.78 is 25.7. The molecule has 3 N–H and O–H groups in total. The number of carbonyl (C=O) groups excluding carboxylic acids is 2. The van der Waals surface area contributed by atoms with E-state index in [1.165, 1.54) is 30.6 Å². The highest BCUT2D eigenvalue weighted by molar-refractivity contribution is 7.90. The number of nitrogens with one attached hydrogen (secondary N) is 3. The molecule has 0 radical (unpaired) electrons. The highest BCUT2D eigenvalue weighted by atomic mass is 32.2. The minimum Gasteiger partial charge on any atom is -0.337 e. The maximum absolute atomic E-state index is 11.9. The van der Waals surface area contributed by atoms with Gasteiger partial charge in [-0.2, -0.15) is 0 Å². The molecule has 0 saturated heterocycles. The first-order valence-corrected chi connectivity index (χ1v) is 11.1. The molecule has 0 bridgehead atoms. The third-order valence-corrected chi connectivity index (χ3v) is 5.49. The number of urea groups is 1. The van der Waals surface area contributed by atoms with Crippen molar-refractivity contribution in [2.45, 2.75) is 31.1 Å². The van der Waals surface area contributed by atoms with Gasteiger partial charge in [-0.3, -0.25) is 4.79 Å². The highest BCUT2D eigenvalue weighted by Crippen LogP contribution is 2.10. The number of fused-ring (bicyclic) bond motifs is 1. The molecule has 2 amide bonds. The van der Waals surface area contributed by atoms with E-state index >= 15 is 0 Å². The molecule has 3 aromatic rings. The van der Waals surface area contributed by atoms with Gasteiger partial charge in [0.05, 0.1) is 22.1 Å². The van der Waals surface area contributed by atoms with Crippen molar-refractivity contribution in [2.75, 3.05) is 6.54 Å². The molecular formula is C21H24N4O5S. The fourth-order valence-electron chi connectivity index (χ4n) is 2.51. The van der Waals surface area contributed by atoms with Crippen molar-refractivity contribution >= 4 is 33.2 Å². The zero-order valence-corrected chi connectivity index (χ0v) is 17.8. The molecular weight excluding hydrogens is 420 g/mol. The van der Waals surface area contributed by atoms with Gasteiger partial charge in [-0.25, -0.2) is 22.9 Å². The number of nitrogens with zero attached hydrogens (tertiary/aromatic N) is 1. The van der Waals surface area contributed by atoms with Crippen LogP contribution in [0.15, 0.2) is 64.5 Å². The number of para-hydroxylation sites is 1. The van der Waals surface area contributed by atoms with Gasteiger partial charge < -0.3 is 15.1 Å². The van der Waals surface area contributed by atoms with E-state index in [1.54, 1.807) is 6.07 Å². The van der Waals surface area contributed by atoms with Crippen LogP contribution in [0.5, 0.6) is 0 Å². The first-order valence-electron chi connectivity index (χ1n) is 9.63. The normalized spacial score (nSPS) is 10.6. The Bertz CT molecular complexity index is 1170. The Morgan fingerprint density at radius 3 is 2.48 bits per heavy atom. The molecule has 0 aliphatic rings. The first kappa shape index (κ1) is 23.7. The number of H-pyrrole nitrogens is 1. The summed E-state index contributed by atoms with van der Waals surface area (Å²) in [5, 5.41) is 3.10. The fraction of sp³-hybridized carbons (Fsp3) is 0.238. The largest absolute Gasteiger partial charge is 0.337 e. The van der Waals surface area contributed by atoms with E-state index in [2.05, 4.69) is 15.3 Å². The predicted octanol–water partition coefficient (Wildman–Crippen LogP) is 2.14. The van der Waals surface area contributed by atoms with E-state index in [4.69, 9.17) is 0 Å². The van der Waals surface area contributed by atoms with Crippen molar-refractivity contribution < 1.29 is 18.0 Å². The summed E-state index contributed by atoms with van der Waals surface area (Å²) in [6.45, 7) is 2.40. The van der Waals surface area contributed by atoms with Crippen LogP contribution in [0.4, 0.5) is 4.79 Å². The number of amides is 2. The van der Waals surface area contributed by atoms with E-state index in [0.29, 0.717) is 17.5 Å². The number of sulfonamides is 1. The monoisotopic (exact) mass is 444 g/mol. The number of unbranched alkanes of at least 4 members (excludes halogenated alkanes) is 1. The molecule has 0 saturated carbocycles. The lowest BCUT2D eigenvalue weighted by Crippen LogP contribution is -2.39. The van der Waals surface area contributed by atoms with E-state index < -0.39 is 16.1 Å². The molecule has 3 rings (SSSR count). The summed E-state index contributed by atoms with van der Waals surface area (Å²) in [5.41, 5.74) is 1.36. The Morgan fingerprint density at radius 1 is 1.13 bits per heavy atom. The Hall–Kier alpha value is -3.53. The molecule has 10 heteroatoms. The number of aldehydes is 1. The SMILES string of the molecule is CCCCNC(=O)NS(=O)(=O)c1ccc(CC=O)cc1.O=c1[nH]cnc2ccccc12. The molecule has 1 heterocycles. The maximum Gasteiger partial charge on any atom is 0.328 e. The topological polar surface area (TPSA) is 138 Å². The lowest BCUT2D eigenvalue weighted by Gasteiger charge is -2.08. The van der Waals surface area contributed by atoms with Crippen molar-refractivity contribution in [3.05, 3.63) is 70.8 Å². The summed E-state index contributed by atoms with van der Waals surface area (Å²) in [6, 6.07) is 12.3. The summed E-state index contributed by atoms with van der Waals surface area (Å²) >= 11 is 0. The second kappa shape index (κ2) is 11.6. The summed E-state index contributed by atoms with van der Waals surface area (Å²) in [6.07, 6.45) is 4.07. The van der Waals surface area contributed by atoms with Gasteiger partial charge in [0.25, 0.3) is 15.6 Å². The van der Waals surface area contributed by atoms with Crippen LogP contribution in [-0.4, -0.2) is 37.2 Å². The Kier molecular flexibility index (Phi) is 8.89. The van der Waals surface area contributed by atoms with Crippen LogP contribution < -0.4 is 15.6 Å². The standard InChI is InChI=1S/C13H18N2O4S.C8H6N2O/c1-2-3-9-14-13(17)15-20(18,19)12-6-4-11(5-7-12)8-10-16;11-8-6-3-1-2-4-7(6)9-5-10-8/h4-7,10H,2-3,8-9H2,1H3,(H2,14,15,17);1-5H,(H,9,10,11). The van der Waals surface area contributed by atoms with Crippen molar-refractivity contribution in [3.63, 3.8) is 0 Å². The van der Waals surface area contributed by atoms with Crippen molar-refractivity contribution in [3.8, 4) is 0 Å². The van der Waals surface area contributed by atoms with Crippen LogP contribution in [0.3, 0.4) is 0 Å². The van der Waals surface area contributed by atoms with Gasteiger partial charge in [-0.05, 0) is 36.2 Å². The number of aromatic nitrogens is 2. The van der Waals surface area contributed by atoms with Gasteiger partial charge in [0, 0.05) is 13.0 Å². The molecule has 0 atom stereocenters. The molecule has 0 unspecified atom stereocenters. The van der Waals surface area contributed by atoms with E-state index in [0.717, 1.165) is 24.6 Å². The Balaban J connectivity index is 0.000000258. The predicted molar refractivity (Wildman–Crippen MR) is 117 cm³/mol. The molecule has 0 spiro atoms. The average Bonchev–Trinajstić information content (AvgIpc) is 2.75. The van der Waals surface area contributed by atoms with Crippen molar-refractivity contribution in [2.24, 2.45) is 0 Å². The summed E-state index contributed by atoms with van der Waals surface area (Å²) in [4.78, 5) is 39.3. The van der Waals surface area contributed by atoms with Crippen molar-refractivity contribution in [1.29, 1.82) is 0 Å². The Labute approximate surface area is 180 Å². The van der Waals surface area contributed by atoms with Crippen LogP contribution in [0.25, 0.3) is 10.9 Å². The quantitative estimate of drug-likeness (QED) is 0.377. The number of hydrogen-bond donors (Lipinski definition) is 3. The van der Waals surface area contributed by atoms with Crippen LogP contribution in [0, 0.1) is 0 Å². The van der Waals surface area contributed by atoms with E-state index in [-0.39, 0.29) is 16.9 Å². The third kappa shape index (κ3) is 7.34. The zero-order valence-electron chi connectivity index (χ0n) is 17.0. The first-order chi connectivity index (χ1) is 14.9. The minimum atomic E-state index is -3.88. The molecule has 31 heavy (non-hydrogen) atoms. The van der Waals surface area contributed by atoms with Gasteiger partial charge in [-0.15, -0.1) is 0 Å². The number of rotatable bonds is 7. The molecule has 0 aliphatic heterocycles. The maximum atomic E-state index is 11.9. The number of aromatic amines is 1. The second-order valence-corrected chi connectivity index (χ2v) is 8.16.